The molecular formula is C13H20O. The molecule has 78 valence electrons. The van der Waals surface area contributed by atoms with E-state index in [1.54, 1.807) is 0 Å². The average molecular weight is 192 g/mol. The minimum absolute atomic E-state index is 0.585. The van der Waals surface area contributed by atoms with Crippen LogP contribution in [0.25, 0.3) is 0 Å². The van der Waals surface area contributed by atoms with Crippen LogP contribution in [0.3, 0.4) is 0 Å². The predicted octanol–water partition coefficient (Wildman–Crippen LogP) is 3.59. The fourth-order valence-corrected chi connectivity index (χ4v) is 1.38. The van der Waals surface area contributed by atoms with E-state index in [-0.39, 0.29) is 0 Å². The van der Waals surface area contributed by atoms with Crippen LogP contribution in [-0.4, -0.2) is 6.61 Å². The summed E-state index contributed by atoms with van der Waals surface area (Å²) in [5.41, 5.74) is 2.73. The Morgan fingerprint density at radius 3 is 2.57 bits per heavy atom. The quantitative estimate of drug-likeness (QED) is 0.708. The van der Waals surface area contributed by atoms with Gasteiger partial charge in [0, 0.05) is 0 Å². The minimum Gasteiger partial charge on any atom is -0.493 e. The van der Waals surface area contributed by atoms with Crippen LogP contribution in [-0.2, 0) is 6.42 Å². The van der Waals surface area contributed by atoms with E-state index < -0.39 is 0 Å². The molecule has 14 heavy (non-hydrogen) atoms. The van der Waals surface area contributed by atoms with Crippen LogP contribution in [0, 0.1) is 12.8 Å². The number of hydrogen-bond donors (Lipinski definition) is 0. The van der Waals surface area contributed by atoms with Crippen molar-refractivity contribution >= 4 is 0 Å². The van der Waals surface area contributed by atoms with E-state index in [2.05, 4.69) is 45.9 Å². The molecule has 0 atom stereocenters. The minimum atomic E-state index is 0.585. The van der Waals surface area contributed by atoms with Gasteiger partial charge in [0.25, 0.3) is 0 Å². The van der Waals surface area contributed by atoms with Crippen molar-refractivity contribution in [3.05, 3.63) is 29.3 Å². The van der Waals surface area contributed by atoms with Gasteiger partial charge in [0.05, 0.1) is 6.61 Å². The molecule has 1 aromatic rings. The highest BCUT2D eigenvalue weighted by Crippen LogP contribution is 2.18. The summed E-state index contributed by atoms with van der Waals surface area (Å²) in [5.74, 6) is 1.59. The van der Waals surface area contributed by atoms with Crippen molar-refractivity contribution in [2.45, 2.75) is 34.1 Å². The third-order valence-corrected chi connectivity index (χ3v) is 2.28. The Morgan fingerprint density at radius 2 is 2.00 bits per heavy atom. The van der Waals surface area contributed by atoms with Crippen LogP contribution in [0.15, 0.2) is 18.2 Å². The number of benzene rings is 1. The van der Waals surface area contributed by atoms with Gasteiger partial charge in [-0.1, -0.05) is 26.8 Å². The molecule has 0 heterocycles. The molecule has 0 unspecified atom stereocenters. The highest BCUT2D eigenvalue weighted by atomic mass is 16.5. The maximum Gasteiger partial charge on any atom is 0.119 e. The summed E-state index contributed by atoms with van der Waals surface area (Å²) < 4.78 is 5.66. The molecular weight excluding hydrogens is 172 g/mol. The summed E-state index contributed by atoms with van der Waals surface area (Å²) >= 11 is 0. The first-order valence-electron chi connectivity index (χ1n) is 5.35. The standard InChI is InChI=1S/C13H20O/c1-5-12-8-13(7-6-11(12)4)14-9-10(2)3/h6-8,10H,5,9H2,1-4H3. The predicted molar refractivity (Wildman–Crippen MR) is 60.9 cm³/mol. The van der Waals surface area contributed by atoms with Crippen LogP contribution in [0.5, 0.6) is 5.75 Å². The Morgan fingerprint density at radius 1 is 1.29 bits per heavy atom. The molecule has 0 bridgehead atoms. The van der Waals surface area contributed by atoms with Crippen LogP contribution in [0.2, 0.25) is 0 Å². The van der Waals surface area contributed by atoms with E-state index in [9.17, 15) is 0 Å². The third-order valence-electron chi connectivity index (χ3n) is 2.28. The second-order valence-electron chi connectivity index (χ2n) is 4.15. The van der Waals surface area contributed by atoms with Crippen molar-refractivity contribution in [1.29, 1.82) is 0 Å². The molecule has 0 radical (unpaired) electrons. The number of hydrogen-bond acceptors (Lipinski definition) is 1. The summed E-state index contributed by atoms with van der Waals surface area (Å²) in [6.07, 6.45) is 1.07. The summed E-state index contributed by atoms with van der Waals surface area (Å²) in [6, 6.07) is 6.34. The van der Waals surface area contributed by atoms with Crippen molar-refractivity contribution in [1.82, 2.24) is 0 Å². The molecule has 0 N–H and O–H groups in total. The lowest BCUT2D eigenvalue weighted by Gasteiger charge is -2.10. The van der Waals surface area contributed by atoms with Crippen molar-refractivity contribution in [2.75, 3.05) is 6.61 Å². The molecule has 1 rings (SSSR count). The number of aryl methyl sites for hydroxylation is 2. The zero-order valence-corrected chi connectivity index (χ0v) is 9.63. The fourth-order valence-electron chi connectivity index (χ4n) is 1.38. The zero-order valence-electron chi connectivity index (χ0n) is 9.63. The van der Waals surface area contributed by atoms with Gasteiger partial charge in [-0.05, 0) is 42.5 Å². The Balaban J connectivity index is 2.69. The highest BCUT2D eigenvalue weighted by Gasteiger charge is 2.00. The maximum atomic E-state index is 5.66. The van der Waals surface area contributed by atoms with Gasteiger partial charge < -0.3 is 4.74 Å². The molecule has 0 amide bonds. The van der Waals surface area contributed by atoms with Gasteiger partial charge in [-0.25, -0.2) is 0 Å². The smallest absolute Gasteiger partial charge is 0.119 e. The number of ether oxygens (including phenoxy) is 1. The molecule has 1 nitrogen and oxygen atoms in total. The van der Waals surface area contributed by atoms with Gasteiger partial charge in [0.1, 0.15) is 5.75 Å². The van der Waals surface area contributed by atoms with E-state index in [1.165, 1.54) is 11.1 Å². The van der Waals surface area contributed by atoms with E-state index in [4.69, 9.17) is 4.74 Å². The Hall–Kier alpha value is -0.980. The first-order chi connectivity index (χ1) is 6.63. The van der Waals surface area contributed by atoms with Gasteiger partial charge in [-0.2, -0.15) is 0 Å². The molecule has 0 saturated carbocycles. The lowest BCUT2D eigenvalue weighted by molar-refractivity contribution is 0.271. The average Bonchev–Trinajstić information content (AvgIpc) is 2.16. The second kappa shape index (κ2) is 5.04. The van der Waals surface area contributed by atoms with Gasteiger partial charge in [0.2, 0.25) is 0 Å². The van der Waals surface area contributed by atoms with Crippen molar-refractivity contribution in [2.24, 2.45) is 5.92 Å². The van der Waals surface area contributed by atoms with Gasteiger partial charge in [0.15, 0.2) is 0 Å². The maximum absolute atomic E-state index is 5.66. The Bertz CT molecular complexity index is 289. The molecule has 0 aliphatic heterocycles. The first-order valence-corrected chi connectivity index (χ1v) is 5.35. The van der Waals surface area contributed by atoms with Crippen molar-refractivity contribution in [3.63, 3.8) is 0 Å². The topological polar surface area (TPSA) is 9.23 Å². The van der Waals surface area contributed by atoms with Gasteiger partial charge in [-0.15, -0.1) is 0 Å². The van der Waals surface area contributed by atoms with Crippen LogP contribution in [0.1, 0.15) is 31.9 Å². The lowest BCUT2D eigenvalue weighted by Crippen LogP contribution is -2.04. The summed E-state index contributed by atoms with van der Waals surface area (Å²) in [4.78, 5) is 0. The fraction of sp³-hybridized carbons (Fsp3) is 0.538. The third kappa shape index (κ3) is 3.06. The van der Waals surface area contributed by atoms with Gasteiger partial charge >= 0.3 is 0 Å². The molecule has 0 fully saturated rings. The van der Waals surface area contributed by atoms with E-state index in [0.717, 1.165) is 18.8 Å². The van der Waals surface area contributed by atoms with E-state index >= 15 is 0 Å². The van der Waals surface area contributed by atoms with Gasteiger partial charge in [-0.3, -0.25) is 0 Å². The van der Waals surface area contributed by atoms with Crippen molar-refractivity contribution in [3.8, 4) is 5.75 Å². The number of rotatable bonds is 4. The van der Waals surface area contributed by atoms with Crippen molar-refractivity contribution < 1.29 is 4.74 Å². The molecule has 0 saturated heterocycles. The summed E-state index contributed by atoms with van der Waals surface area (Å²) in [5, 5.41) is 0. The second-order valence-corrected chi connectivity index (χ2v) is 4.15. The molecule has 1 aromatic carbocycles. The van der Waals surface area contributed by atoms with Crippen LogP contribution in [0.4, 0.5) is 0 Å². The SMILES string of the molecule is CCc1cc(OCC(C)C)ccc1C. The molecule has 0 aliphatic carbocycles. The molecule has 0 aromatic heterocycles. The molecule has 0 spiro atoms. The monoisotopic (exact) mass is 192 g/mol. The molecule has 1 heteroatoms. The van der Waals surface area contributed by atoms with E-state index in [0.29, 0.717) is 5.92 Å². The lowest BCUT2D eigenvalue weighted by atomic mass is 10.1. The van der Waals surface area contributed by atoms with Crippen LogP contribution >= 0.6 is 0 Å². The largest absolute Gasteiger partial charge is 0.493 e. The first kappa shape index (κ1) is 11.1. The Labute approximate surface area is 87.1 Å². The summed E-state index contributed by atoms with van der Waals surface area (Å²) in [6.45, 7) is 9.44. The Kier molecular flexibility index (Phi) is 3.99. The molecule has 0 aliphatic rings. The van der Waals surface area contributed by atoms with E-state index in [1.807, 2.05) is 0 Å². The zero-order chi connectivity index (χ0) is 10.6. The highest BCUT2D eigenvalue weighted by molar-refractivity contribution is 5.34. The van der Waals surface area contributed by atoms with Crippen LogP contribution < -0.4 is 4.74 Å². The normalized spacial score (nSPS) is 10.6. The summed E-state index contributed by atoms with van der Waals surface area (Å²) in [7, 11) is 0.